The van der Waals surface area contributed by atoms with Gasteiger partial charge in [0, 0.05) is 18.4 Å². The molecule has 1 aromatic carbocycles. The number of aromatic nitrogens is 1. The van der Waals surface area contributed by atoms with Crippen LogP contribution in [0.3, 0.4) is 0 Å². The number of hydrogen-bond acceptors (Lipinski definition) is 2. The van der Waals surface area contributed by atoms with Crippen LogP contribution in [0.2, 0.25) is 5.02 Å². The third kappa shape index (κ3) is 2.81. The Balaban J connectivity index is 2.20. The summed E-state index contributed by atoms with van der Waals surface area (Å²) in [5.41, 5.74) is 7.64. The molecule has 2 aromatic rings. The van der Waals surface area contributed by atoms with Gasteiger partial charge in [-0.15, -0.1) is 0 Å². The SMILES string of the molecule is NC(Cc1cccnc1)c1cccc(F)c1Cl. The second-order valence-corrected chi connectivity index (χ2v) is 4.19. The van der Waals surface area contributed by atoms with Crippen LogP contribution in [0, 0.1) is 5.82 Å². The first-order valence-corrected chi connectivity index (χ1v) is 5.64. The Kier molecular flexibility index (Phi) is 3.71. The Labute approximate surface area is 104 Å². The van der Waals surface area contributed by atoms with Crippen molar-refractivity contribution in [2.75, 3.05) is 0 Å². The van der Waals surface area contributed by atoms with E-state index in [1.54, 1.807) is 24.5 Å². The molecular formula is C13H12ClFN2. The van der Waals surface area contributed by atoms with Crippen LogP contribution >= 0.6 is 11.6 Å². The van der Waals surface area contributed by atoms with Crippen molar-refractivity contribution in [1.82, 2.24) is 4.98 Å². The highest BCUT2D eigenvalue weighted by Crippen LogP contribution is 2.26. The van der Waals surface area contributed by atoms with Crippen LogP contribution in [0.25, 0.3) is 0 Å². The van der Waals surface area contributed by atoms with Crippen molar-refractivity contribution >= 4 is 11.6 Å². The van der Waals surface area contributed by atoms with Crippen molar-refractivity contribution in [1.29, 1.82) is 0 Å². The Morgan fingerprint density at radius 2 is 2.12 bits per heavy atom. The molecule has 0 saturated heterocycles. The van der Waals surface area contributed by atoms with Crippen molar-refractivity contribution in [3.63, 3.8) is 0 Å². The summed E-state index contributed by atoms with van der Waals surface area (Å²) in [4.78, 5) is 4.01. The van der Waals surface area contributed by atoms with Gasteiger partial charge in [0.25, 0.3) is 0 Å². The lowest BCUT2D eigenvalue weighted by atomic mass is 10.0. The molecule has 1 atom stereocenters. The number of pyridine rings is 1. The van der Waals surface area contributed by atoms with E-state index in [-0.39, 0.29) is 11.1 Å². The van der Waals surface area contributed by atoms with Gasteiger partial charge in [-0.3, -0.25) is 4.98 Å². The van der Waals surface area contributed by atoms with Gasteiger partial charge in [0.2, 0.25) is 0 Å². The van der Waals surface area contributed by atoms with Gasteiger partial charge in [0.1, 0.15) is 5.82 Å². The predicted molar refractivity (Wildman–Crippen MR) is 66.3 cm³/mol. The molecule has 4 heteroatoms. The molecule has 0 aliphatic carbocycles. The summed E-state index contributed by atoms with van der Waals surface area (Å²) in [6.07, 6.45) is 4.02. The van der Waals surface area contributed by atoms with Crippen LogP contribution in [0.5, 0.6) is 0 Å². The zero-order chi connectivity index (χ0) is 12.3. The number of nitrogens with zero attached hydrogens (tertiary/aromatic N) is 1. The zero-order valence-electron chi connectivity index (χ0n) is 9.11. The number of nitrogens with two attached hydrogens (primary N) is 1. The summed E-state index contributed by atoms with van der Waals surface area (Å²) >= 11 is 5.88. The molecule has 1 aromatic heterocycles. The Bertz CT molecular complexity index is 502. The lowest BCUT2D eigenvalue weighted by Gasteiger charge is -2.13. The van der Waals surface area contributed by atoms with Crippen LogP contribution in [0.4, 0.5) is 4.39 Å². The first-order valence-electron chi connectivity index (χ1n) is 5.27. The zero-order valence-corrected chi connectivity index (χ0v) is 9.86. The van der Waals surface area contributed by atoms with Gasteiger partial charge in [-0.2, -0.15) is 0 Å². The minimum Gasteiger partial charge on any atom is -0.324 e. The summed E-state index contributed by atoms with van der Waals surface area (Å²) in [6.45, 7) is 0. The van der Waals surface area contributed by atoms with E-state index in [1.807, 2.05) is 12.1 Å². The third-order valence-corrected chi connectivity index (χ3v) is 2.96. The highest BCUT2D eigenvalue weighted by atomic mass is 35.5. The van der Waals surface area contributed by atoms with Crippen molar-refractivity contribution in [2.45, 2.75) is 12.5 Å². The van der Waals surface area contributed by atoms with E-state index < -0.39 is 5.82 Å². The number of hydrogen-bond donors (Lipinski definition) is 1. The van der Waals surface area contributed by atoms with E-state index in [1.165, 1.54) is 6.07 Å². The Morgan fingerprint density at radius 1 is 1.29 bits per heavy atom. The van der Waals surface area contributed by atoms with Crippen LogP contribution in [0.15, 0.2) is 42.7 Å². The quantitative estimate of drug-likeness (QED) is 0.909. The Hall–Kier alpha value is -1.45. The highest BCUT2D eigenvalue weighted by molar-refractivity contribution is 6.31. The van der Waals surface area contributed by atoms with Gasteiger partial charge in [0.05, 0.1) is 5.02 Å². The molecule has 1 heterocycles. The normalized spacial score (nSPS) is 12.4. The van der Waals surface area contributed by atoms with E-state index >= 15 is 0 Å². The van der Waals surface area contributed by atoms with Gasteiger partial charge < -0.3 is 5.73 Å². The molecule has 0 spiro atoms. The van der Waals surface area contributed by atoms with E-state index in [9.17, 15) is 4.39 Å². The summed E-state index contributed by atoms with van der Waals surface area (Å²) in [7, 11) is 0. The molecule has 0 saturated carbocycles. The molecule has 0 aliphatic heterocycles. The molecule has 1 unspecified atom stereocenters. The summed E-state index contributed by atoms with van der Waals surface area (Å²) in [5, 5.41) is 0.101. The number of rotatable bonds is 3. The number of benzene rings is 1. The molecule has 2 N–H and O–H groups in total. The first-order chi connectivity index (χ1) is 8.18. The molecule has 0 aliphatic rings. The van der Waals surface area contributed by atoms with Crippen molar-refractivity contribution in [3.05, 3.63) is 64.7 Å². The molecule has 0 fully saturated rings. The fraction of sp³-hybridized carbons (Fsp3) is 0.154. The van der Waals surface area contributed by atoms with Crippen LogP contribution in [0.1, 0.15) is 17.2 Å². The Morgan fingerprint density at radius 3 is 2.82 bits per heavy atom. The van der Waals surface area contributed by atoms with E-state index in [2.05, 4.69) is 4.98 Å². The lowest BCUT2D eigenvalue weighted by Crippen LogP contribution is -2.14. The molecule has 0 radical (unpaired) electrons. The largest absolute Gasteiger partial charge is 0.324 e. The number of halogens is 2. The van der Waals surface area contributed by atoms with Crippen molar-refractivity contribution in [3.8, 4) is 0 Å². The third-order valence-electron chi connectivity index (χ3n) is 2.56. The molecule has 0 amide bonds. The van der Waals surface area contributed by atoms with Crippen molar-refractivity contribution < 1.29 is 4.39 Å². The molecule has 17 heavy (non-hydrogen) atoms. The topological polar surface area (TPSA) is 38.9 Å². The predicted octanol–water partition coefficient (Wildman–Crippen LogP) is 3.12. The molecule has 2 rings (SSSR count). The second-order valence-electron chi connectivity index (χ2n) is 3.81. The molecular weight excluding hydrogens is 239 g/mol. The minimum absolute atomic E-state index is 0.101. The summed E-state index contributed by atoms with van der Waals surface area (Å²) < 4.78 is 13.3. The monoisotopic (exact) mass is 250 g/mol. The summed E-state index contributed by atoms with van der Waals surface area (Å²) in [6, 6.07) is 8.12. The standard InChI is InChI=1S/C13H12ClFN2/c14-13-10(4-1-5-11(13)15)12(16)7-9-3-2-6-17-8-9/h1-6,8,12H,7,16H2. The van der Waals surface area contributed by atoms with Crippen molar-refractivity contribution in [2.24, 2.45) is 5.73 Å². The fourth-order valence-corrected chi connectivity index (χ4v) is 1.96. The second kappa shape index (κ2) is 5.25. The van der Waals surface area contributed by atoms with Crippen LogP contribution in [-0.4, -0.2) is 4.98 Å². The van der Waals surface area contributed by atoms with Gasteiger partial charge in [-0.05, 0) is 29.7 Å². The van der Waals surface area contributed by atoms with Gasteiger partial charge in [-0.1, -0.05) is 29.8 Å². The van der Waals surface area contributed by atoms with E-state index in [4.69, 9.17) is 17.3 Å². The average molecular weight is 251 g/mol. The van der Waals surface area contributed by atoms with E-state index in [0.717, 1.165) is 5.56 Å². The molecule has 88 valence electrons. The molecule has 0 bridgehead atoms. The smallest absolute Gasteiger partial charge is 0.142 e. The van der Waals surface area contributed by atoms with Crippen LogP contribution < -0.4 is 5.73 Å². The average Bonchev–Trinajstić information content (AvgIpc) is 2.34. The highest BCUT2D eigenvalue weighted by Gasteiger charge is 2.13. The summed E-state index contributed by atoms with van der Waals surface area (Å²) in [5.74, 6) is -0.439. The first kappa shape index (κ1) is 12.0. The van der Waals surface area contributed by atoms with E-state index in [0.29, 0.717) is 12.0 Å². The minimum atomic E-state index is -0.439. The van der Waals surface area contributed by atoms with Gasteiger partial charge in [0.15, 0.2) is 0 Å². The molecule has 2 nitrogen and oxygen atoms in total. The van der Waals surface area contributed by atoms with Gasteiger partial charge >= 0.3 is 0 Å². The van der Waals surface area contributed by atoms with Gasteiger partial charge in [-0.25, -0.2) is 4.39 Å². The lowest BCUT2D eigenvalue weighted by molar-refractivity contribution is 0.619. The van der Waals surface area contributed by atoms with Crippen LogP contribution in [-0.2, 0) is 6.42 Å². The maximum Gasteiger partial charge on any atom is 0.142 e. The fourth-order valence-electron chi connectivity index (χ4n) is 1.69. The maximum absolute atomic E-state index is 13.3. The maximum atomic E-state index is 13.3.